The summed E-state index contributed by atoms with van der Waals surface area (Å²) in [5, 5.41) is 11.0. The average Bonchev–Trinajstić information content (AvgIpc) is 2.95. The van der Waals surface area contributed by atoms with Crippen molar-refractivity contribution in [2.75, 3.05) is 5.32 Å². The smallest absolute Gasteiger partial charge is 0.234 e. The highest BCUT2D eigenvalue weighted by Gasteiger charge is 2.26. The van der Waals surface area contributed by atoms with Crippen molar-refractivity contribution in [1.29, 1.82) is 0 Å². The molecule has 0 bridgehead atoms. The van der Waals surface area contributed by atoms with Crippen molar-refractivity contribution in [2.45, 2.75) is 53.5 Å². The van der Waals surface area contributed by atoms with Gasteiger partial charge in [0.1, 0.15) is 11.6 Å². The van der Waals surface area contributed by atoms with Gasteiger partial charge in [-0.2, -0.15) is 10.1 Å². The van der Waals surface area contributed by atoms with Gasteiger partial charge in [0.15, 0.2) is 0 Å². The van der Waals surface area contributed by atoms with E-state index in [1.807, 2.05) is 27.7 Å². The van der Waals surface area contributed by atoms with Crippen LogP contribution in [0.5, 0.6) is 0 Å². The lowest BCUT2D eigenvalue weighted by Gasteiger charge is -2.14. The maximum atomic E-state index is 12.6. The summed E-state index contributed by atoms with van der Waals surface area (Å²) >= 11 is 0. The van der Waals surface area contributed by atoms with E-state index in [2.05, 4.69) is 20.6 Å². The maximum Gasteiger partial charge on any atom is 0.234 e. The number of carbonyl (C=O) groups excluding carboxylic acids is 1. The third-order valence-corrected chi connectivity index (χ3v) is 3.47. The highest BCUT2D eigenvalue weighted by molar-refractivity contribution is 5.94. The second-order valence-corrected chi connectivity index (χ2v) is 4.99. The van der Waals surface area contributed by atoms with Gasteiger partial charge in [-0.15, -0.1) is 0 Å². The van der Waals surface area contributed by atoms with E-state index in [1.54, 1.807) is 11.6 Å². The highest BCUT2D eigenvalue weighted by Crippen LogP contribution is 2.27. The van der Waals surface area contributed by atoms with Gasteiger partial charge in [0.2, 0.25) is 11.9 Å². The van der Waals surface area contributed by atoms with E-state index in [-0.39, 0.29) is 11.8 Å². The van der Waals surface area contributed by atoms with Crippen molar-refractivity contribution >= 4 is 11.9 Å². The van der Waals surface area contributed by atoms with Crippen LogP contribution in [-0.4, -0.2) is 25.8 Å². The molecule has 0 aliphatic rings. The van der Waals surface area contributed by atoms with Gasteiger partial charge in [-0.3, -0.25) is 10.1 Å². The Bertz CT molecular complexity index is 624. The van der Waals surface area contributed by atoms with E-state index >= 15 is 0 Å². The van der Waals surface area contributed by atoms with Gasteiger partial charge in [-0.25, -0.2) is 4.68 Å². The van der Waals surface area contributed by atoms with E-state index < -0.39 is 0 Å². The van der Waals surface area contributed by atoms with Crippen molar-refractivity contribution in [3.8, 4) is 0 Å². The SMILES string of the molecule is CCC(C(=O)Nc1nc(C)nn1CC)c1c(C)noc1C. The first-order chi connectivity index (χ1) is 9.97. The first kappa shape index (κ1) is 15.2. The summed E-state index contributed by atoms with van der Waals surface area (Å²) in [6.07, 6.45) is 0.661. The molecule has 0 aliphatic heterocycles. The lowest BCUT2D eigenvalue weighted by atomic mass is 9.94. The zero-order valence-corrected chi connectivity index (χ0v) is 13.1. The van der Waals surface area contributed by atoms with Crippen molar-refractivity contribution in [2.24, 2.45) is 0 Å². The summed E-state index contributed by atoms with van der Waals surface area (Å²) in [5.74, 6) is 1.37. The second-order valence-electron chi connectivity index (χ2n) is 4.99. The Morgan fingerprint density at radius 3 is 2.57 bits per heavy atom. The highest BCUT2D eigenvalue weighted by atomic mass is 16.5. The molecule has 2 heterocycles. The summed E-state index contributed by atoms with van der Waals surface area (Å²) in [6.45, 7) is 10.0. The van der Waals surface area contributed by atoms with Crippen LogP contribution in [0.15, 0.2) is 4.52 Å². The van der Waals surface area contributed by atoms with Gasteiger partial charge in [-0.1, -0.05) is 12.1 Å². The summed E-state index contributed by atoms with van der Waals surface area (Å²) in [7, 11) is 0. The van der Waals surface area contributed by atoms with E-state index in [1.165, 1.54) is 0 Å². The second kappa shape index (κ2) is 6.07. The van der Waals surface area contributed by atoms with Crippen LogP contribution in [0.1, 0.15) is 49.0 Å². The minimum absolute atomic E-state index is 0.117. The van der Waals surface area contributed by atoms with Crippen molar-refractivity contribution in [3.05, 3.63) is 22.8 Å². The minimum Gasteiger partial charge on any atom is -0.361 e. The van der Waals surface area contributed by atoms with Crippen LogP contribution in [0.4, 0.5) is 5.95 Å². The molecule has 1 atom stereocenters. The van der Waals surface area contributed by atoms with Gasteiger partial charge in [-0.05, 0) is 34.1 Å². The molecule has 2 aromatic heterocycles. The molecule has 1 N–H and O–H groups in total. The minimum atomic E-state index is -0.307. The Morgan fingerprint density at radius 2 is 2.05 bits per heavy atom. The van der Waals surface area contributed by atoms with Gasteiger partial charge < -0.3 is 4.52 Å². The molecular weight excluding hydrogens is 270 g/mol. The Hall–Kier alpha value is -2.18. The predicted octanol–water partition coefficient (Wildman–Crippen LogP) is 2.34. The fourth-order valence-corrected chi connectivity index (χ4v) is 2.47. The number of amides is 1. The molecule has 0 fully saturated rings. The molecule has 2 aromatic rings. The number of rotatable bonds is 5. The summed E-state index contributed by atoms with van der Waals surface area (Å²) < 4.78 is 6.84. The number of nitrogens with zero attached hydrogens (tertiary/aromatic N) is 4. The quantitative estimate of drug-likeness (QED) is 0.913. The van der Waals surface area contributed by atoms with Crippen LogP contribution in [0.25, 0.3) is 0 Å². The monoisotopic (exact) mass is 291 g/mol. The standard InChI is InChI=1S/C14H21N5O2/c1-6-11(12-8(3)18-21-9(12)4)13(20)16-14-15-10(5)17-19(14)7-2/h11H,6-7H2,1-5H3,(H,15,16,17,20). The van der Waals surface area contributed by atoms with Gasteiger partial charge in [0.05, 0.1) is 11.6 Å². The molecular formula is C14H21N5O2. The number of hydrogen-bond acceptors (Lipinski definition) is 5. The van der Waals surface area contributed by atoms with Crippen molar-refractivity contribution in [3.63, 3.8) is 0 Å². The van der Waals surface area contributed by atoms with Crippen LogP contribution in [-0.2, 0) is 11.3 Å². The van der Waals surface area contributed by atoms with Crippen LogP contribution < -0.4 is 5.32 Å². The normalized spacial score (nSPS) is 12.4. The number of carbonyl (C=O) groups is 1. The van der Waals surface area contributed by atoms with E-state index in [9.17, 15) is 4.79 Å². The molecule has 0 spiro atoms. The topological polar surface area (TPSA) is 85.8 Å². The van der Waals surface area contributed by atoms with Crippen LogP contribution >= 0.6 is 0 Å². The molecule has 0 radical (unpaired) electrons. The molecule has 1 amide bonds. The zero-order valence-electron chi connectivity index (χ0n) is 13.1. The molecule has 0 aliphatic carbocycles. The van der Waals surface area contributed by atoms with Crippen LogP contribution in [0, 0.1) is 20.8 Å². The Labute approximate surface area is 123 Å². The van der Waals surface area contributed by atoms with Gasteiger partial charge >= 0.3 is 0 Å². The van der Waals surface area contributed by atoms with E-state index in [4.69, 9.17) is 4.52 Å². The summed E-state index contributed by atoms with van der Waals surface area (Å²) in [6, 6.07) is 0. The molecule has 1 unspecified atom stereocenters. The first-order valence-corrected chi connectivity index (χ1v) is 7.12. The number of nitrogens with one attached hydrogen (secondary N) is 1. The molecule has 0 saturated heterocycles. The van der Waals surface area contributed by atoms with E-state index in [0.29, 0.717) is 30.5 Å². The van der Waals surface area contributed by atoms with Crippen LogP contribution in [0.2, 0.25) is 0 Å². The number of aryl methyl sites for hydroxylation is 4. The summed E-state index contributed by atoms with van der Waals surface area (Å²) in [5.41, 5.74) is 1.61. The number of aromatic nitrogens is 4. The summed E-state index contributed by atoms with van der Waals surface area (Å²) in [4.78, 5) is 16.8. The molecule has 7 heteroatoms. The molecule has 0 aromatic carbocycles. The Morgan fingerprint density at radius 1 is 1.33 bits per heavy atom. The predicted molar refractivity (Wildman–Crippen MR) is 78.1 cm³/mol. The third kappa shape index (κ3) is 2.96. The average molecular weight is 291 g/mol. The van der Waals surface area contributed by atoms with Gasteiger partial charge in [0.25, 0.3) is 0 Å². The first-order valence-electron chi connectivity index (χ1n) is 7.12. The van der Waals surface area contributed by atoms with Gasteiger partial charge in [0, 0.05) is 12.1 Å². The van der Waals surface area contributed by atoms with Crippen molar-refractivity contribution in [1.82, 2.24) is 19.9 Å². The molecule has 7 nitrogen and oxygen atoms in total. The number of hydrogen-bond donors (Lipinski definition) is 1. The molecule has 0 saturated carbocycles. The van der Waals surface area contributed by atoms with Crippen molar-refractivity contribution < 1.29 is 9.32 Å². The fraction of sp³-hybridized carbons (Fsp3) is 0.571. The molecule has 114 valence electrons. The maximum absolute atomic E-state index is 12.6. The molecule has 2 rings (SSSR count). The Kier molecular flexibility index (Phi) is 4.40. The fourth-order valence-electron chi connectivity index (χ4n) is 2.47. The number of anilines is 1. The Balaban J connectivity index is 2.25. The lowest BCUT2D eigenvalue weighted by Crippen LogP contribution is -2.23. The lowest BCUT2D eigenvalue weighted by molar-refractivity contribution is -0.117. The molecule has 21 heavy (non-hydrogen) atoms. The largest absolute Gasteiger partial charge is 0.361 e. The third-order valence-electron chi connectivity index (χ3n) is 3.47. The zero-order chi connectivity index (χ0) is 15.6. The van der Waals surface area contributed by atoms with Crippen LogP contribution in [0.3, 0.4) is 0 Å². The van der Waals surface area contributed by atoms with E-state index in [0.717, 1.165) is 11.3 Å².